The third-order valence-electron chi connectivity index (χ3n) is 4.12. The molecule has 0 aliphatic rings. The van der Waals surface area contributed by atoms with E-state index in [1.807, 2.05) is 13.8 Å². The summed E-state index contributed by atoms with van der Waals surface area (Å²) in [4.78, 5) is 23.1. The standard InChI is InChI=1S/C19H31FN4O4S/c1-13(2)11-16(12-22-21-9-10-25)23-19(26)18(14(3)4)24-29(27,28)17-7-5-15(20)6-8-17/h5-8,10,13-14,16,18,21-22,24H,9,11-12H2,1-4H3,(H,23,26)/t16-,18-/m0/s1. The topological polar surface area (TPSA) is 116 Å². The van der Waals surface area contributed by atoms with Crippen molar-refractivity contribution < 1.29 is 22.4 Å². The number of hydrazine groups is 1. The highest BCUT2D eigenvalue weighted by Crippen LogP contribution is 2.13. The summed E-state index contributed by atoms with van der Waals surface area (Å²) in [5.41, 5.74) is 5.59. The van der Waals surface area contributed by atoms with E-state index in [2.05, 4.69) is 20.9 Å². The fourth-order valence-electron chi connectivity index (χ4n) is 2.70. The van der Waals surface area contributed by atoms with Gasteiger partial charge in [0.05, 0.1) is 11.4 Å². The van der Waals surface area contributed by atoms with Crippen molar-refractivity contribution in [1.29, 1.82) is 0 Å². The summed E-state index contributed by atoms with van der Waals surface area (Å²) >= 11 is 0. The average molecular weight is 431 g/mol. The molecule has 0 bridgehead atoms. The molecule has 0 aliphatic carbocycles. The van der Waals surface area contributed by atoms with Gasteiger partial charge in [-0.1, -0.05) is 27.7 Å². The molecule has 0 aromatic heterocycles. The highest BCUT2D eigenvalue weighted by molar-refractivity contribution is 7.89. The fraction of sp³-hybridized carbons (Fsp3) is 0.579. The number of carbonyl (C=O) groups is 2. The predicted molar refractivity (Wildman–Crippen MR) is 109 cm³/mol. The molecule has 29 heavy (non-hydrogen) atoms. The number of hydrogen-bond acceptors (Lipinski definition) is 6. The van der Waals surface area contributed by atoms with Crippen molar-refractivity contribution in [2.45, 2.75) is 51.1 Å². The number of rotatable bonds is 13. The van der Waals surface area contributed by atoms with Crippen LogP contribution in [0.15, 0.2) is 29.2 Å². The molecule has 1 rings (SSSR count). The van der Waals surface area contributed by atoms with Crippen molar-refractivity contribution in [2.24, 2.45) is 11.8 Å². The summed E-state index contributed by atoms with van der Waals surface area (Å²) in [7, 11) is -3.99. The van der Waals surface area contributed by atoms with Gasteiger partial charge < -0.3 is 10.1 Å². The second-order valence-corrected chi connectivity index (χ2v) is 9.27. The molecule has 1 aromatic rings. The lowest BCUT2D eigenvalue weighted by Gasteiger charge is -2.26. The SMILES string of the molecule is CC(C)C[C@@H](CNNCC=O)NC(=O)[C@@H](NS(=O)(=O)c1ccc(F)cc1)C(C)C. The molecule has 1 amide bonds. The van der Waals surface area contributed by atoms with E-state index in [0.29, 0.717) is 25.2 Å². The molecule has 0 saturated carbocycles. The summed E-state index contributed by atoms with van der Waals surface area (Å²) in [6, 6.07) is 3.14. The molecule has 164 valence electrons. The monoisotopic (exact) mass is 430 g/mol. The lowest BCUT2D eigenvalue weighted by molar-refractivity contribution is -0.124. The minimum Gasteiger partial charge on any atom is -0.351 e. The first-order valence-electron chi connectivity index (χ1n) is 9.54. The van der Waals surface area contributed by atoms with Gasteiger partial charge in [-0.05, 0) is 42.5 Å². The molecular weight excluding hydrogens is 399 g/mol. The first kappa shape index (κ1) is 25.2. The summed E-state index contributed by atoms with van der Waals surface area (Å²) in [6.07, 6.45) is 1.37. The zero-order valence-electron chi connectivity index (χ0n) is 17.2. The molecule has 4 N–H and O–H groups in total. The zero-order valence-corrected chi connectivity index (χ0v) is 18.1. The van der Waals surface area contributed by atoms with Crippen LogP contribution < -0.4 is 20.9 Å². The van der Waals surface area contributed by atoms with E-state index in [4.69, 9.17) is 0 Å². The van der Waals surface area contributed by atoms with Crippen LogP contribution in [0.1, 0.15) is 34.1 Å². The van der Waals surface area contributed by atoms with Crippen LogP contribution in [0.4, 0.5) is 4.39 Å². The van der Waals surface area contributed by atoms with Crippen molar-refractivity contribution in [3.8, 4) is 0 Å². The van der Waals surface area contributed by atoms with Gasteiger partial charge in [-0.3, -0.25) is 15.6 Å². The van der Waals surface area contributed by atoms with Crippen molar-refractivity contribution >= 4 is 22.2 Å². The Morgan fingerprint density at radius 3 is 2.24 bits per heavy atom. The first-order valence-corrected chi connectivity index (χ1v) is 11.0. The Kier molecular flexibility index (Phi) is 10.4. The number of sulfonamides is 1. The van der Waals surface area contributed by atoms with Gasteiger partial charge in [-0.15, -0.1) is 0 Å². The number of halogens is 1. The van der Waals surface area contributed by atoms with Crippen molar-refractivity contribution in [1.82, 2.24) is 20.9 Å². The minimum absolute atomic E-state index is 0.115. The third kappa shape index (κ3) is 8.99. The Bertz CT molecular complexity index is 754. The Hall–Kier alpha value is -1.88. The molecule has 10 heteroatoms. The van der Waals surface area contributed by atoms with Crippen molar-refractivity contribution in [3.05, 3.63) is 30.1 Å². The van der Waals surface area contributed by atoms with Crippen LogP contribution in [-0.2, 0) is 19.6 Å². The van der Waals surface area contributed by atoms with Gasteiger partial charge in [0, 0.05) is 12.6 Å². The minimum atomic E-state index is -3.99. The maximum Gasteiger partial charge on any atom is 0.241 e. The fourth-order valence-corrected chi connectivity index (χ4v) is 4.05. The summed E-state index contributed by atoms with van der Waals surface area (Å²) in [6.45, 7) is 7.99. The van der Waals surface area contributed by atoms with Gasteiger partial charge in [0.25, 0.3) is 0 Å². The molecule has 0 fully saturated rings. The quantitative estimate of drug-likeness (QED) is 0.210. The predicted octanol–water partition coefficient (Wildman–Crippen LogP) is 0.953. The van der Waals surface area contributed by atoms with Crippen molar-refractivity contribution in [2.75, 3.05) is 13.1 Å². The van der Waals surface area contributed by atoms with E-state index in [-0.39, 0.29) is 23.4 Å². The number of benzene rings is 1. The average Bonchev–Trinajstić information content (AvgIpc) is 2.62. The molecule has 1 aromatic carbocycles. The highest BCUT2D eigenvalue weighted by Gasteiger charge is 2.29. The Balaban J connectivity index is 2.87. The van der Waals surface area contributed by atoms with Crippen LogP contribution in [0.5, 0.6) is 0 Å². The van der Waals surface area contributed by atoms with E-state index in [9.17, 15) is 22.4 Å². The first-order chi connectivity index (χ1) is 13.6. The molecule has 0 spiro atoms. The molecule has 0 heterocycles. The van der Waals surface area contributed by atoms with E-state index < -0.39 is 27.8 Å². The Morgan fingerprint density at radius 1 is 1.10 bits per heavy atom. The van der Waals surface area contributed by atoms with Gasteiger partial charge >= 0.3 is 0 Å². The maximum absolute atomic E-state index is 13.1. The molecular formula is C19H31FN4O4S. The third-order valence-corrected chi connectivity index (χ3v) is 5.57. The number of amides is 1. The largest absolute Gasteiger partial charge is 0.351 e. The lowest BCUT2D eigenvalue weighted by atomic mass is 10.0. The molecule has 0 unspecified atom stereocenters. The molecule has 2 atom stereocenters. The van der Waals surface area contributed by atoms with E-state index in [1.54, 1.807) is 13.8 Å². The van der Waals surface area contributed by atoms with Crippen LogP contribution in [0.25, 0.3) is 0 Å². The van der Waals surface area contributed by atoms with Gasteiger partial charge in [0.15, 0.2) is 0 Å². The second kappa shape index (κ2) is 12.0. The lowest BCUT2D eigenvalue weighted by Crippen LogP contribution is -2.54. The van der Waals surface area contributed by atoms with Gasteiger partial charge in [-0.2, -0.15) is 4.72 Å². The van der Waals surface area contributed by atoms with Crippen LogP contribution in [0.3, 0.4) is 0 Å². The summed E-state index contributed by atoms with van der Waals surface area (Å²) < 4.78 is 40.7. The van der Waals surface area contributed by atoms with Crippen LogP contribution in [0.2, 0.25) is 0 Å². The van der Waals surface area contributed by atoms with Crippen LogP contribution in [-0.4, -0.2) is 45.8 Å². The van der Waals surface area contributed by atoms with Gasteiger partial charge in [0.1, 0.15) is 18.1 Å². The zero-order chi connectivity index (χ0) is 22.0. The number of carbonyl (C=O) groups excluding carboxylic acids is 2. The van der Waals surface area contributed by atoms with E-state index in [0.717, 1.165) is 24.3 Å². The smallest absolute Gasteiger partial charge is 0.241 e. The van der Waals surface area contributed by atoms with E-state index in [1.165, 1.54) is 0 Å². The maximum atomic E-state index is 13.1. The van der Waals surface area contributed by atoms with Gasteiger partial charge in [0.2, 0.25) is 15.9 Å². The number of nitrogens with one attached hydrogen (secondary N) is 4. The molecule has 0 radical (unpaired) electrons. The Morgan fingerprint density at radius 2 is 1.72 bits per heavy atom. The summed E-state index contributed by atoms with van der Waals surface area (Å²) in [5, 5.41) is 2.87. The van der Waals surface area contributed by atoms with Crippen molar-refractivity contribution in [3.63, 3.8) is 0 Å². The Labute approximate surface area is 172 Å². The summed E-state index contributed by atoms with van der Waals surface area (Å²) in [5.74, 6) is -1.02. The second-order valence-electron chi connectivity index (χ2n) is 7.56. The van der Waals surface area contributed by atoms with Crippen LogP contribution >= 0.6 is 0 Å². The number of hydrogen-bond donors (Lipinski definition) is 4. The highest BCUT2D eigenvalue weighted by atomic mass is 32.2. The number of aldehydes is 1. The molecule has 0 aliphatic heterocycles. The molecule has 0 saturated heterocycles. The normalized spacial score (nSPS) is 14.0. The van der Waals surface area contributed by atoms with E-state index >= 15 is 0 Å². The molecule has 8 nitrogen and oxygen atoms in total. The van der Waals surface area contributed by atoms with Crippen LogP contribution in [0, 0.1) is 17.7 Å². The van der Waals surface area contributed by atoms with Gasteiger partial charge in [-0.25, -0.2) is 12.8 Å².